The van der Waals surface area contributed by atoms with Gasteiger partial charge in [-0.05, 0) is 47.7 Å². The highest BCUT2D eigenvalue weighted by atomic mass is 35.5. The van der Waals surface area contributed by atoms with Crippen LogP contribution < -0.4 is 19.8 Å². The van der Waals surface area contributed by atoms with Crippen LogP contribution in [0.2, 0.25) is 5.02 Å². The van der Waals surface area contributed by atoms with E-state index in [0.717, 1.165) is 39.3 Å². The molecule has 0 unspecified atom stereocenters. The molecule has 48 heavy (non-hydrogen) atoms. The Morgan fingerprint density at radius 2 is 1.60 bits per heavy atom. The van der Waals surface area contributed by atoms with Crippen LogP contribution in [0, 0.1) is 0 Å². The molecule has 3 heterocycles. The van der Waals surface area contributed by atoms with Crippen LogP contribution in [-0.2, 0) is 20.9 Å². The topological polar surface area (TPSA) is 81.0 Å². The maximum atomic E-state index is 14.7. The molecule has 0 saturated carbocycles. The molecule has 1 atom stereocenters. The first kappa shape index (κ1) is 31.5. The number of hydrogen-bond donors (Lipinski definition) is 0. The molecule has 240 valence electrons. The summed E-state index contributed by atoms with van der Waals surface area (Å²) in [4.78, 5) is 49.9. The van der Waals surface area contributed by atoms with Crippen LogP contribution in [0.15, 0.2) is 118 Å². The molecule has 0 fully saturated rings. The predicted octanol–water partition coefficient (Wildman–Crippen LogP) is 6.63. The number of carbonyl (C=O) groups excluding carboxylic acids is 2. The summed E-state index contributed by atoms with van der Waals surface area (Å²) in [6, 6.07) is 31.4. The second-order valence-corrected chi connectivity index (χ2v) is 13.4. The van der Waals surface area contributed by atoms with Gasteiger partial charge in [0.15, 0.2) is 4.80 Å². The van der Waals surface area contributed by atoms with Gasteiger partial charge in [0.1, 0.15) is 4.53 Å². The number of esters is 1. The standard InChI is InChI=1S/C39H32ClN3O4S/c1-4-47-38(46)32-33(26-10-6-5-7-11-26)41-39-43(34(32)27-18-16-25(17-19-27)23(2)3)37(45)35(48-39)31-29-12-8-9-13-30(29)42(36(31)44)22-24-14-20-28(40)21-15-24/h5-21,23,34H,4,22H2,1-3H3/b35-31+/t34-/m1/s1. The molecule has 0 bridgehead atoms. The number of amides is 1. The van der Waals surface area contributed by atoms with E-state index in [1.54, 1.807) is 28.5 Å². The molecule has 0 spiro atoms. The molecule has 9 heteroatoms. The molecule has 2 aliphatic heterocycles. The van der Waals surface area contributed by atoms with Crippen LogP contribution in [0.1, 0.15) is 60.5 Å². The largest absolute Gasteiger partial charge is 0.463 e. The predicted molar refractivity (Wildman–Crippen MR) is 190 cm³/mol. The lowest BCUT2D eigenvalue weighted by Gasteiger charge is -2.26. The number of ether oxygens (including phenoxy) is 1. The first-order chi connectivity index (χ1) is 23.3. The Morgan fingerprint density at radius 3 is 2.29 bits per heavy atom. The molecule has 4 aromatic carbocycles. The third-order valence-corrected chi connectivity index (χ3v) is 9.98. The van der Waals surface area contributed by atoms with Gasteiger partial charge in [-0.15, -0.1) is 0 Å². The lowest BCUT2D eigenvalue weighted by Crippen LogP contribution is -2.41. The highest BCUT2D eigenvalue weighted by molar-refractivity contribution is 7.07. The van der Waals surface area contributed by atoms with Crippen LogP contribution in [0.25, 0.3) is 11.3 Å². The highest BCUT2D eigenvalue weighted by Crippen LogP contribution is 2.38. The molecule has 7 rings (SSSR count). The van der Waals surface area contributed by atoms with E-state index in [-0.39, 0.29) is 22.6 Å². The van der Waals surface area contributed by atoms with Gasteiger partial charge >= 0.3 is 5.97 Å². The Bertz CT molecular complexity index is 2270. The van der Waals surface area contributed by atoms with Crippen molar-refractivity contribution in [1.82, 2.24) is 4.57 Å². The molecule has 7 nitrogen and oxygen atoms in total. The fraction of sp³-hybridized carbons (Fsp3) is 0.179. The van der Waals surface area contributed by atoms with Gasteiger partial charge < -0.3 is 9.64 Å². The minimum atomic E-state index is -0.831. The summed E-state index contributed by atoms with van der Waals surface area (Å²) >= 11 is 7.29. The number of thiazole rings is 1. The fourth-order valence-corrected chi connectivity index (χ4v) is 7.52. The van der Waals surface area contributed by atoms with E-state index in [9.17, 15) is 14.4 Å². The second kappa shape index (κ2) is 12.9. The summed E-state index contributed by atoms with van der Waals surface area (Å²) in [6.07, 6.45) is 0. The van der Waals surface area contributed by atoms with E-state index in [0.29, 0.717) is 39.1 Å². The number of anilines is 1. The van der Waals surface area contributed by atoms with Gasteiger partial charge in [-0.2, -0.15) is 0 Å². The minimum absolute atomic E-state index is 0.159. The van der Waals surface area contributed by atoms with Crippen molar-refractivity contribution in [3.8, 4) is 0 Å². The van der Waals surface area contributed by atoms with Crippen LogP contribution in [0.4, 0.5) is 5.69 Å². The number of fused-ring (bicyclic) bond motifs is 2. The van der Waals surface area contributed by atoms with E-state index >= 15 is 0 Å². The monoisotopic (exact) mass is 673 g/mol. The normalized spacial score (nSPS) is 16.6. The van der Waals surface area contributed by atoms with E-state index in [4.69, 9.17) is 21.3 Å². The van der Waals surface area contributed by atoms with Gasteiger partial charge in [-0.25, -0.2) is 9.79 Å². The molecular weight excluding hydrogens is 642 g/mol. The molecule has 0 saturated heterocycles. The molecule has 1 aromatic heterocycles. The number of nitrogens with zero attached hydrogens (tertiary/aromatic N) is 3. The maximum Gasteiger partial charge on any atom is 0.338 e. The van der Waals surface area contributed by atoms with Crippen molar-refractivity contribution in [2.75, 3.05) is 11.5 Å². The van der Waals surface area contributed by atoms with Crippen LogP contribution in [0.5, 0.6) is 0 Å². The van der Waals surface area contributed by atoms with Gasteiger partial charge in [0.2, 0.25) is 0 Å². The average molecular weight is 674 g/mol. The van der Waals surface area contributed by atoms with Gasteiger partial charge in [-0.3, -0.25) is 14.2 Å². The zero-order valence-electron chi connectivity index (χ0n) is 26.6. The number of rotatable bonds is 7. The Kier molecular flexibility index (Phi) is 8.45. The van der Waals surface area contributed by atoms with Crippen molar-refractivity contribution in [3.05, 3.63) is 161 Å². The molecule has 5 aromatic rings. The Hall–Kier alpha value is -5.05. The quantitative estimate of drug-likeness (QED) is 0.182. The highest BCUT2D eigenvalue weighted by Gasteiger charge is 2.38. The molecule has 1 amide bonds. The van der Waals surface area contributed by atoms with Gasteiger partial charge in [0.25, 0.3) is 11.5 Å². The summed E-state index contributed by atoms with van der Waals surface area (Å²) in [5.74, 6) is -0.526. The van der Waals surface area contributed by atoms with Gasteiger partial charge in [0, 0.05) is 16.1 Å². The third-order valence-electron chi connectivity index (χ3n) is 8.67. The lowest BCUT2D eigenvalue weighted by molar-refractivity contribution is -0.138. The van der Waals surface area contributed by atoms with E-state index in [1.807, 2.05) is 91.0 Å². The maximum absolute atomic E-state index is 14.7. The molecule has 0 radical (unpaired) electrons. The Balaban J connectivity index is 1.49. The Morgan fingerprint density at radius 1 is 0.917 bits per heavy atom. The van der Waals surface area contributed by atoms with Gasteiger partial charge in [0.05, 0.1) is 41.7 Å². The Labute approximate surface area is 286 Å². The van der Waals surface area contributed by atoms with Gasteiger partial charge in [-0.1, -0.05) is 122 Å². The molecule has 2 aliphatic rings. The number of halogens is 1. The SMILES string of the molecule is CCOC(=O)C1=C(c2ccccc2)N=c2s/c(=C3/C(=O)N(Cc4ccc(Cl)cc4)c4ccccc43)c(=O)n2[C@@H]1c1ccc(C(C)C)cc1. The number of para-hydroxylation sites is 1. The first-order valence-electron chi connectivity index (χ1n) is 15.8. The molecular formula is C39H32ClN3O4S. The van der Waals surface area contributed by atoms with Crippen molar-refractivity contribution >= 4 is 51.8 Å². The summed E-state index contributed by atoms with van der Waals surface area (Å²) in [6.45, 7) is 6.45. The van der Waals surface area contributed by atoms with E-state index in [2.05, 4.69) is 13.8 Å². The van der Waals surface area contributed by atoms with Crippen molar-refractivity contribution in [1.29, 1.82) is 0 Å². The number of aromatic nitrogens is 1. The third kappa shape index (κ3) is 5.51. The van der Waals surface area contributed by atoms with Crippen LogP contribution in [0.3, 0.4) is 0 Å². The number of carbonyl (C=O) groups is 2. The lowest BCUT2D eigenvalue weighted by atomic mass is 9.91. The fourth-order valence-electron chi connectivity index (χ4n) is 6.30. The average Bonchev–Trinajstić information content (AvgIpc) is 3.57. The second-order valence-electron chi connectivity index (χ2n) is 12.0. The van der Waals surface area contributed by atoms with E-state index < -0.39 is 17.6 Å². The van der Waals surface area contributed by atoms with Crippen molar-refractivity contribution < 1.29 is 14.3 Å². The summed E-state index contributed by atoms with van der Waals surface area (Å²) in [7, 11) is 0. The summed E-state index contributed by atoms with van der Waals surface area (Å²) in [5, 5.41) is 0.610. The summed E-state index contributed by atoms with van der Waals surface area (Å²) < 4.78 is 7.43. The van der Waals surface area contributed by atoms with Crippen molar-refractivity contribution in [3.63, 3.8) is 0 Å². The zero-order chi connectivity index (χ0) is 33.5. The summed E-state index contributed by atoms with van der Waals surface area (Å²) in [5.41, 5.74) is 5.53. The number of benzene rings is 4. The van der Waals surface area contributed by atoms with Crippen LogP contribution in [-0.4, -0.2) is 23.1 Å². The minimum Gasteiger partial charge on any atom is -0.463 e. The number of hydrogen-bond acceptors (Lipinski definition) is 6. The zero-order valence-corrected chi connectivity index (χ0v) is 28.2. The smallest absolute Gasteiger partial charge is 0.338 e. The first-order valence-corrected chi connectivity index (χ1v) is 17.0. The van der Waals surface area contributed by atoms with Crippen molar-refractivity contribution in [2.24, 2.45) is 4.99 Å². The van der Waals surface area contributed by atoms with E-state index in [1.165, 1.54) is 0 Å². The van der Waals surface area contributed by atoms with Crippen LogP contribution >= 0.6 is 22.9 Å². The van der Waals surface area contributed by atoms with Crippen molar-refractivity contribution in [2.45, 2.75) is 39.3 Å². The molecule has 0 aliphatic carbocycles. The molecule has 0 N–H and O–H groups in total.